The van der Waals surface area contributed by atoms with E-state index in [9.17, 15) is 4.79 Å². The number of hydrogen-bond acceptors (Lipinski definition) is 3. The third-order valence-electron chi connectivity index (χ3n) is 4.21. The fourth-order valence-corrected chi connectivity index (χ4v) is 2.22. The summed E-state index contributed by atoms with van der Waals surface area (Å²) in [6.07, 6.45) is 5.08. The van der Waals surface area contributed by atoms with Crippen molar-refractivity contribution in [2.45, 2.75) is 71.5 Å². The van der Waals surface area contributed by atoms with Gasteiger partial charge in [-0.15, -0.1) is 0 Å². The van der Waals surface area contributed by atoms with Crippen molar-refractivity contribution in [2.24, 2.45) is 0 Å². The van der Waals surface area contributed by atoms with Crippen molar-refractivity contribution in [3.05, 3.63) is 24.3 Å². The first kappa shape index (κ1) is 19.5. The van der Waals surface area contributed by atoms with Gasteiger partial charge in [0.05, 0.1) is 6.10 Å². The van der Waals surface area contributed by atoms with Gasteiger partial charge in [-0.1, -0.05) is 33.1 Å². The molecular formula is C19H31NO3. The maximum atomic E-state index is 12.5. The molecule has 0 heterocycles. The van der Waals surface area contributed by atoms with Crippen molar-refractivity contribution in [3.63, 3.8) is 0 Å². The molecule has 23 heavy (non-hydrogen) atoms. The second-order valence-electron chi connectivity index (χ2n) is 6.21. The highest BCUT2D eigenvalue weighted by Crippen LogP contribution is 2.23. The van der Waals surface area contributed by atoms with Crippen molar-refractivity contribution in [1.29, 1.82) is 0 Å². The highest BCUT2D eigenvalue weighted by Gasteiger charge is 2.32. The Morgan fingerprint density at radius 2 is 1.87 bits per heavy atom. The predicted octanol–water partition coefficient (Wildman–Crippen LogP) is 4.79. The molecular weight excluding hydrogens is 290 g/mol. The Bertz CT molecular complexity index is 472. The summed E-state index contributed by atoms with van der Waals surface area (Å²) < 4.78 is 11.2. The van der Waals surface area contributed by atoms with Crippen LogP contribution in [0.2, 0.25) is 0 Å². The van der Waals surface area contributed by atoms with E-state index in [0.717, 1.165) is 43.5 Å². The second-order valence-corrected chi connectivity index (χ2v) is 6.21. The molecule has 1 N–H and O–H groups in total. The van der Waals surface area contributed by atoms with Crippen LogP contribution in [0.3, 0.4) is 0 Å². The van der Waals surface area contributed by atoms with Crippen molar-refractivity contribution in [2.75, 3.05) is 12.4 Å². The van der Waals surface area contributed by atoms with Crippen LogP contribution in [0, 0.1) is 0 Å². The van der Waals surface area contributed by atoms with E-state index in [1.807, 2.05) is 38.1 Å². The number of methoxy groups -OCH3 is 1. The van der Waals surface area contributed by atoms with Gasteiger partial charge in [0.15, 0.2) is 0 Å². The summed E-state index contributed by atoms with van der Waals surface area (Å²) in [7, 11) is 1.59. The average molecular weight is 321 g/mol. The van der Waals surface area contributed by atoms with Gasteiger partial charge in [-0.2, -0.15) is 0 Å². The Labute approximate surface area is 140 Å². The Morgan fingerprint density at radius 3 is 2.39 bits per heavy atom. The molecule has 0 bridgehead atoms. The van der Waals surface area contributed by atoms with E-state index in [-0.39, 0.29) is 12.0 Å². The number of carbonyl (C=O) groups is 1. The zero-order valence-electron chi connectivity index (χ0n) is 15.1. The molecule has 0 saturated carbocycles. The molecule has 1 aromatic carbocycles. The first-order chi connectivity index (χ1) is 10.9. The highest BCUT2D eigenvalue weighted by molar-refractivity contribution is 5.97. The summed E-state index contributed by atoms with van der Waals surface area (Å²) in [4.78, 5) is 12.5. The van der Waals surface area contributed by atoms with Gasteiger partial charge in [-0.05, 0) is 51.0 Å². The minimum atomic E-state index is -0.791. The molecule has 1 amide bonds. The maximum Gasteiger partial charge on any atom is 0.256 e. The van der Waals surface area contributed by atoms with E-state index in [0.29, 0.717) is 0 Å². The van der Waals surface area contributed by atoms with Crippen LogP contribution in [0.25, 0.3) is 0 Å². The molecule has 0 aliphatic rings. The van der Waals surface area contributed by atoms with Crippen LogP contribution in [0.4, 0.5) is 5.69 Å². The number of anilines is 1. The quantitative estimate of drug-likeness (QED) is 0.630. The smallest absolute Gasteiger partial charge is 0.256 e. The third kappa shape index (κ3) is 6.22. The molecule has 0 unspecified atom stereocenters. The number of carbonyl (C=O) groups excluding carboxylic acids is 1. The van der Waals surface area contributed by atoms with Crippen molar-refractivity contribution < 1.29 is 14.3 Å². The SMILES string of the molecule is CCCCC[C@@](C)(OC)C(=O)Nc1ccc(O[C@H](C)CC)cc1. The van der Waals surface area contributed by atoms with Crippen LogP contribution in [0.5, 0.6) is 5.75 Å². The Balaban J connectivity index is 2.64. The molecule has 0 radical (unpaired) electrons. The molecule has 0 aromatic heterocycles. The van der Waals surface area contributed by atoms with E-state index in [2.05, 4.69) is 19.2 Å². The maximum absolute atomic E-state index is 12.5. The lowest BCUT2D eigenvalue weighted by molar-refractivity contribution is -0.136. The number of amides is 1. The topological polar surface area (TPSA) is 47.6 Å². The van der Waals surface area contributed by atoms with Crippen LogP contribution >= 0.6 is 0 Å². The van der Waals surface area contributed by atoms with Crippen LogP contribution in [-0.2, 0) is 9.53 Å². The van der Waals surface area contributed by atoms with Gasteiger partial charge in [-0.3, -0.25) is 4.79 Å². The molecule has 4 nitrogen and oxygen atoms in total. The van der Waals surface area contributed by atoms with Crippen molar-refractivity contribution >= 4 is 11.6 Å². The molecule has 0 spiro atoms. The van der Waals surface area contributed by atoms with Gasteiger partial charge >= 0.3 is 0 Å². The first-order valence-corrected chi connectivity index (χ1v) is 8.58. The Hall–Kier alpha value is -1.55. The lowest BCUT2D eigenvalue weighted by Crippen LogP contribution is -2.41. The summed E-state index contributed by atoms with van der Waals surface area (Å²) in [5.41, 5.74) is -0.0357. The minimum absolute atomic E-state index is 0.105. The lowest BCUT2D eigenvalue weighted by Gasteiger charge is -2.27. The van der Waals surface area contributed by atoms with E-state index in [1.54, 1.807) is 7.11 Å². The molecule has 0 aliphatic carbocycles. The van der Waals surface area contributed by atoms with E-state index in [1.165, 1.54) is 0 Å². The summed E-state index contributed by atoms with van der Waals surface area (Å²) in [6, 6.07) is 7.47. The second kappa shape index (κ2) is 9.56. The first-order valence-electron chi connectivity index (χ1n) is 8.58. The number of rotatable bonds is 10. The van der Waals surface area contributed by atoms with Crippen molar-refractivity contribution in [3.8, 4) is 5.75 Å². The molecule has 0 aliphatic heterocycles. The van der Waals surface area contributed by atoms with Gasteiger partial charge in [-0.25, -0.2) is 0 Å². The lowest BCUT2D eigenvalue weighted by atomic mass is 9.97. The number of nitrogens with one attached hydrogen (secondary N) is 1. The zero-order valence-corrected chi connectivity index (χ0v) is 15.1. The Kier molecular flexibility index (Phi) is 8.10. The van der Waals surface area contributed by atoms with Crippen LogP contribution in [-0.4, -0.2) is 24.7 Å². The summed E-state index contributed by atoms with van der Waals surface area (Å²) in [6.45, 7) is 8.12. The number of unbranched alkanes of at least 4 members (excludes halogenated alkanes) is 2. The van der Waals surface area contributed by atoms with E-state index in [4.69, 9.17) is 9.47 Å². The predicted molar refractivity (Wildman–Crippen MR) is 95.0 cm³/mol. The number of ether oxygens (including phenoxy) is 2. The molecule has 0 fully saturated rings. The standard InChI is InChI=1S/C19H31NO3/c1-6-8-9-14-19(4,22-5)18(21)20-16-10-12-17(13-11-16)23-15(3)7-2/h10-13,15H,6-9,14H2,1-5H3,(H,20,21)/t15-,19-/m1/s1. The largest absolute Gasteiger partial charge is 0.491 e. The summed E-state index contributed by atoms with van der Waals surface area (Å²) >= 11 is 0. The molecule has 1 rings (SSSR count). The molecule has 4 heteroatoms. The fourth-order valence-electron chi connectivity index (χ4n) is 2.22. The van der Waals surface area contributed by atoms with Gasteiger partial charge in [0.2, 0.25) is 0 Å². The normalized spacial score (nSPS) is 14.8. The van der Waals surface area contributed by atoms with Gasteiger partial charge in [0.1, 0.15) is 11.4 Å². The fraction of sp³-hybridized carbons (Fsp3) is 0.632. The van der Waals surface area contributed by atoms with Crippen molar-refractivity contribution in [1.82, 2.24) is 0 Å². The van der Waals surface area contributed by atoms with E-state index < -0.39 is 5.60 Å². The Morgan fingerprint density at radius 1 is 1.22 bits per heavy atom. The third-order valence-corrected chi connectivity index (χ3v) is 4.21. The van der Waals surface area contributed by atoms with Crippen LogP contribution in [0.15, 0.2) is 24.3 Å². The molecule has 1 aromatic rings. The van der Waals surface area contributed by atoms with Gasteiger partial charge < -0.3 is 14.8 Å². The zero-order chi connectivity index (χ0) is 17.3. The molecule has 2 atom stereocenters. The summed E-state index contributed by atoms with van der Waals surface area (Å²) in [5, 5.41) is 2.94. The van der Waals surface area contributed by atoms with Gasteiger partial charge in [0, 0.05) is 12.8 Å². The van der Waals surface area contributed by atoms with Crippen LogP contribution in [0.1, 0.15) is 59.8 Å². The number of hydrogen-bond donors (Lipinski definition) is 1. The molecule has 130 valence electrons. The highest BCUT2D eigenvalue weighted by atomic mass is 16.5. The van der Waals surface area contributed by atoms with Gasteiger partial charge in [0.25, 0.3) is 5.91 Å². The summed E-state index contributed by atoms with van der Waals surface area (Å²) in [5.74, 6) is 0.710. The minimum Gasteiger partial charge on any atom is -0.491 e. The monoisotopic (exact) mass is 321 g/mol. The van der Waals surface area contributed by atoms with Crippen LogP contribution < -0.4 is 10.1 Å². The average Bonchev–Trinajstić information content (AvgIpc) is 2.56. The van der Waals surface area contributed by atoms with E-state index >= 15 is 0 Å². The number of benzene rings is 1. The molecule has 0 saturated heterocycles.